The van der Waals surface area contributed by atoms with Gasteiger partial charge in [-0.15, -0.1) is 0 Å². The molecule has 1 heterocycles. The molecule has 4 heteroatoms. The second kappa shape index (κ2) is 4.94. The smallest absolute Gasteiger partial charge is 0.336 e. The van der Waals surface area contributed by atoms with Crippen molar-refractivity contribution >= 4 is 29.0 Å². The Balaban J connectivity index is 2.17. The Morgan fingerprint density at radius 3 is 2.17 bits per heavy atom. The van der Waals surface area contributed by atoms with E-state index in [9.17, 15) is 14.5 Å². The monoisotopic (exact) mass is 320 g/mol. The highest BCUT2D eigenvalue weighted by atomic mass is 31.2. The van der Waals surface area contributed by atoms with Crippen molar-refractivity contribution in [3.8, 4) is 11.1 Å². The summed E-state index contributed by atoms with van der Waals surface area (Å²) < 4.78 is 14.1. The zero-order valence-corrected chi connectivity index (χ0v) is 13.0. The first-order valence-corrected chi connectivity index (χ1v) is 8.97. The molecule has 4 rings (SSSR count). The van der Waals surface area contributed by atoms with Gasteiger partial charge >= 0.3 is 5.97 Å². The van der Waals surface area contributed by atoms with Gasteiger partial charge in [0.05, 0.1) is 5.56 Å². The molecule has 0 saturated carbocycles. The molecule has 0 bridgehead atoms. The summed E-state index contributed by atoms with van der Waals surface area (Å²) in [5.41, 5.74) is 1.73. The van der Waals surface area contributed by atoms with E-state index in [-0.39, 0.29) is 5.56 Å². The summed E-state index contributed by atoms with van der Waals surface area (Å²) in [6, 6.07) is 21.7. The van der Waals surface area contributed by atoms with Crippen LogP contribution in [0.2, 0.25) is 0 Å². The molecule has 0 spiro atoms. The maximum absolute atomic E-state index is 14.1. The molecule has 0 amide bonds. The van der Waals surface area contributed by atoms with Crippen molar-refractivity contribution in [2.75, 3.05) is 0 Å². The van der Waals surface area contributed by atoms with Gasteiger partial charge < -0.3 is 9.67 Å². The normalized spacial score (nSPS) is 18.3. The van der Waals surface area contributed by atoms with Gasteiger partial charge in [0.2, 0.25) is 0 Å². The maximum atomic E-state index is 14.1. The molecule has 1 N–H and O–H groups in total. The van der Waals surface area contributed by atoms with Crippen molar-refractivity contribution in [2.24, 2.45) is 0 Å². The number of rotatable bonds is 2. The second-order valence-corrected chi connectivity index (χ2v) is 8.13. The van der Waals surface area contributed by atoms with Crippen molar-refractivity contribution in [3.05, 3.63) is 78.4 Å². The van der Waals surface area contributed by atoms with Crippen LogP contribution < -0.4 is 15.9 Å². The molecule has 1 unspecified atom stereocenters. The van der Waals surface area contributed by atoms with Crippen LogP contribution in [0.4, 0.5) is 0 Å². The summed E-state index contributed by atoms with van der Waals surface area (Å²) in [6.45, 7) is 0. The number of carbonyl (C=O) groups is 1. The molecule has 0 saturated heterocycles. The van der Waals surface area contributed by atoms with Crippen molar-refractivity contribution in [2.45, 2.75) is 0 Å². The number of hydrogen-bond donors (Lipinski definition) is 1. The van der Waals surface area contributed by atoms with Gasteiger partial charge in [0.25, 0.3) is 0 Å². The number of carboxylic acids is 1. The minimum atomic E-state index is -3.17. The van der Waals surface area contributed by atoms with Crippen LogP contribution in [-0.4, -0.2) is 11.1 Å². The lowest BCUT2D eigenvalue weighted by Gasteiger charge is -2.17. The molecule has 23 heavy (non-hydrogen) atoms. The van der Waals surface area contributed by atoms with Gasteiger partial charge in [0.15, 0.2) is 7.14 Å². The molecule has 0 aromatic heterocycles. The van der Waals surface area contributed by atoms with Gasteiger partial charge in [-0.1, -0.05) is 66.7 Å². The van der Waals surface area contributed by atoms with Gasteiger partial charge in [-0.2, -0.15) is 0 Å². The van der Waals surface area contributed by atoms with E-state index in [0.717, 1.165) is 16.4 Å². The first-order valence-electron chi connectivity index (χ1n) is 7.26. The molecule has 0 aliphatic carbocycles. The zero-order valence-electron chi connectivity index (χ0n) is 12.1. The molecule has 112 valence electrons. The van der Waals surface area contributed by atoms with Crippen LogP contribution in [0.25, 0.3) is 11.1 Å². The van der Waals surface area contributed by atoms with E-state index >= 15 is 0 Å². The molecule has 0 fully saturated rings. The van der Waals surface area contributed by atoms with Gasteiger partial charge in [-0.3, -0.25) is 0 Å². The maximum Gasteiger partial charge on any atom is 0.336 e. The summed E-state index contributed by atoms with van der Waals surface area (Å²) in [5, 5.41) is 11.4. The third-order valence-electron chi connectivity index (χ3n) is 4.23. The quantitative estimate of drug-likeness (QED) is 0.578. The highest BCUT2D eigenvalue weighted by molar-refractivity contribution is 7.86. The summed E-state index contributed by atoms with van der Waals surface area (Å²) in [7, 11) is -3.17. The topological polar surface area (TPSA) is 54.4 Å². The number of benzene rings is 3. The van der Waals surface area contributed by atoms with Crippen LogP contribution in [0, 0.1) is 0 Å². The summed E-state index contributed by atoms with van der Waals surface area (Å²) >= 11 is 0. The second-order valence-electron chi connectivity index (χ2n) is 5.47. The summed E-state index contributed by atoms with van der Waals surface area (Å²) in [4.78, 5) is 11.7. The van der Waals surface area contributed by atoms with Crippen LogP contribution in [0.15, 0.2) is 72.8 Å². The van der Waals surface area contributed by atoms with Crippen molar-refractivity contribution < 1.29 is 14.5 Å². The number of fused-ring (bicyclic) bond motifs is 3. The number of hydrogen-bond acceptors (Lipinski definition) is 2. The third kappa shape index (κ3) is 1.84. The van der Waals surface area contributed by atoms with E-state index < -0.39 is 13.1 Å². The molecule has 0 radical (unpaired) electrons. The van der Waals surface area contributed by atoms with Crippen LogP contribution >= 0.6 is 7.14 Å². The van der Waals surface area contributed by atoms with Crippen molar-refractivity contribution in [1.29, 1.82) is 0 Å². The molecule has 1 aliphatic heterocycles. The van der Waals surface area contributed by atoms with Crippen molar-refractivity contribution in [1.82, 2.24) is 0 Å². The van der Waals surface area contributed by atoms with E-state index in [1.54, 1.807) is 6.07 Å². The SMILES string of the molecule is O=C(O)c1cccc2c1P(=O)(c1ccccc1)c1ccccc1-2. The molecule has 1 aliphatic rings. The molecule has 3 nitrogen and oxygen atoms in total. The minimum absolute atomic E-state index is 0.117. The highest BCUT2D eigenvalue weighted by Gasteiger charge is 2.42. The first kappa shape index (κ1) is 14.0. The lowest BCUT2D eigenvalue weighted by atomic mass is 10.0. The van der Waals surface area contributed by atoms with Gasteiger partial charge in [-0.25, -0.2) is 4.79 Å². The largest absolute Gasteiger partial charge is 0.478 e. The fourth-order valence-electron chi connectivity index (χ4n) is 3.28. The van der Waals surface area contributed by atoms with E-state index in [2.05, 4.69) is 0 Å². The molecule has 1 atom stereocenters. The Morgan fingerprint density at radius 1 is 0.783 bits per heavy atom. The van der Waals surface area contributed by atoms with Crippen molar-refractivity contribution in [3.63, 3.8) is 0 Å². The number of carboxylic acid groups (broad SMARTS) is 1. The van der Waals surface area contributed by atoms with Crippen LogP contribution in [0.5, 0.6) is 0 Å². The molecule has 3 aromatic carbocycles. The van der Waals surface area contributed by atoms with E-state index in [4.69, 9.17) is 0 Å². The average Bonchev–Trinajstić information content (AvgIpc) is 2.87. The van der Waals surface area contributed by atoms with Gasteiger partial charge in [0.1, 0.15) is 0 Å². The highest BCUT2D eigenvalue weighted by Crippen LogP contribution is 2.52. The van der Waals surface area contributed by atoms with Gasteiger partial charge in [0, 0.05) is 15.9 Å². The fraction of sp³-hybridized carbons (Fsp3) is 0. The first-order chi connectivity index (χ1) is 11.1. The Labute approximate surface area is 133 Å². The fourth-order valence-corrected chi connectivity index (χ4v) is 6.52. The van der Waals surface area contributed by atoms with Gasteiger partial charge in [-0.05, 0) is 17.2 Å². The zero-order chi connectivity index (χ0) is 16.0. The predicted molar refractivity (Wildman–Crippen MR) is 91.8 cm³/mol. The Morgan fingerprint density at radius 2 is 1.43 bits per heavy atom. The van der Waals surface area contributed by atoms with Crippen LogP contribution in [0.3, 0.4) is 0 Å². The Bertz CT molecular complexity index is 977. The Kier molecular flexibility index (Phi) is 3.00. The number of aromatic carboxylic acids is 1. The standard InChI is InChI=1S/C19H13O3P/c20-19(21)16-11-6-10-15-14-9-4-5-12-17(14)23(22,18(15)16)13-7-2-1-3-8-13/h1-12H,(H,20,21). The van der Waals surface area contributed by atoms with E-state index in [0.29, 0.717) is 10.6 Å². The predicted octanol–water partition coefficient (Wildman–Crippen LogP) is 3.00. The third-order valence-corrected chi connectivity index (χ3v) is 7.44. The van der Waals surface area contributed by atoms with E-state index in [1.165, 1.54) is 6.07 Å². The van der Waals surface area contributed by atoms with E-state index in [1.807, 2.05) is 60.7 Å². The summed E-state index contributed by atoms with van der Waals surface area (Å²) in [5.74, 6) is -1.05. The Hall–Kier alpha value is -2.64. The summed E-state index contributed by atoms with van der Waals surface area (Å²) in [6.07, 6.45) is 0. The van der Waals surface area contributed by atoms with Crippen LogP contribution in [-0.2, 0) is 4.57 Å². The molecular weight excluding hydrogens is 307 g/mol. The lowest BCUT2D eigenvalue weighted by molar-refractivity contribution is 0.0698. The van der Waals surface area contributed by atoms with Crippen LogP contribution in [0.1, 0.15) is 10.4 Å². The lowest BCUT2D eigenvalue weighted by Crippen LogP contribution is -2.25. The average molecular weight is 320 g/mol. The minimum Gasteiger partial charge on any atom is -0.478 e. The molecule has 3 aromatic rings. The molecular formula is C19H13O3P.